The summed E-state index contributed by atoms with van der Waals surface area (Å²) in [5.74, 6) is -1.07. The Balaban J connectivity index is 2.35. The van der Waals surface area contributed by atoms with Gasteiger partial charge in [0.2, 0.25) is 5.43 Å². The Kier molecular flexibility index (Phi) is 3.39. The number of rotatable bonds is 1. The van der Waals surface area contributed by atoms with Gasteiger partial charge in [-0.25, -0.2) is 0 Å². The lowest BCUT2D eigenvalue weighted by Crippen LogP contribution is -2.05. The van der Waals surface area contributed by atoms with Crippen molar-refractivity contribution in [2.45, 2.75) is 0 Å². The van der Waals surface area contributed by atoms with Crippen LogP contribution in [0.5, 0.6) is 17.2 Å². The van der Waals surface area contributed by atoms with E-state index in [4.69, 9.17) is 27.6 Å². The Hall–Kier alpha value is -2.37. The third kappa shape index (κ3) is 2.15. The Bertz CT molecular complexity index is 962. The molecule has 7 heteroatoms. The molecule has 0 atom stereocenters. The molecule has 0 aliphatic rings. The van der Waals surface area contributed by atoms with E-state index >= 15 is 0 Å². The summed E-state index contributed by atoms with van der Waals surface area (Å²) in [6, 6.07) is 5.36. The molecule has 1 aromatic heterocycles. The van der Waals surface area contributed by atoms with Gasteiger partial charge in [0.05, 0.1) is 10.6 Å². The molecule has 2 aromatic carbocycles. The zero-order chi connectivity index (χ0) is 16.0. The molecule has 0 spiro atoms. The predicted molar refractivity (Wildman–Crippen MR) is 82.9 cm³/mol. The van der Waals surface area contributed by atoms with Crippen LogP contribution < -0.4 is 5.43 Å². The number of benzene rings is 2. The van der Waals surface area contributed by atoms with Crippen LogP contribution in [0.1, 0.15) is 0 Å². The normalized spacial score (nSPS) is 11.0. The van der Waals surface area contributed by atoms with Crippen molar-refractivity contribution in [3.05, 3.63) is 50.8 Å². The second-order valence-electron chi connectivity index (χ2n) is 4.58. The number of hydrogen-bond acceptors (Lipinski definition) is 5. The van der Waals surface area contributed by atoms with Gasteiger partial charge >= 0.3 is 0 Å². The first-order chi connectivity index (χ1) is 10.4. The highest BCUT2D eigenvalue weighted by atomic mass is 35.5. The van der Waals surface area contributed by atoms with Gasteiger partial charge in [-0.15, -0.1) is 0 Å². The van der Waals surface area contributed by atoms with Crippen LogP contribution in [0.15, 0.2) is 39.7 Å². The van der Waals surface area contributed by atoms with Gasteiger partial charge in [0.15, 0.2) is 5.75 Å². The van der Waals surface area contributed by atoms with Crippen LogP contribution in [0.4, 0.5) is 0 Å². The van der Waals surface area contributed by atoms with Gasteiger partial charge in [0, 0.05) is 6.07 Å². The SMILES string of the molecule is O=c1c(-c2ccc(O)c(Cl)c2)coc2cc(O)c(Cl)c(O)c12. The standard InChI is InChI=1S/C15H8Cl2O5/c16-8-3-6(1-2-9(8)18)7-5-22-11-4-10(19)13(17)15(21)12(11)14(7)20/h1-5,18-19,21H. The van der Waals surface area contributed by atoms with E-state index in [1.807, 2.05) is 0 Å². The Morgan fingerprint density at radius 2 is 1.73 bits per heavy atom. The van der Waals surface area contributed by atoms with E-state index in [9.17, 15) is 20.1 Å². The van der Waals surface area contributed by atoms with Gasteiger partial charge < -0.3 is 19.7 Å². The van der Waals surface area contributed by atoms with Crippen LogP contribution >= 0.6 is 23.2 Å². The molecule has 0 aliphatic heterocycles. The maximum absolute atomic E-state index is 12.5. The van der Waals surface area contributed by atoms with Gasteiger partial charge in [0.25, 0.3) is 0 Å². The van der Waals surface area contributed by atoms with E-state index in [2.05, 4.69) is 0 Å². The zero-order valence-corrected chi connectivity index (χ0v) is 12.3. The minimum absolute atomic E-state index is 0.00183. The van der Waals surface area contributed by atoms with Gasteiger partial charge in [0.1, 0.15) is 33.8 Å². The van der Waals surface area contributed by atoms with Gasteiger partial charge in [-0.3, -0.25) is 4.79 Å². The van der Waals surface area contributed by atoms with E-state index in [1.54, 1.807) is 0 Å². The Labute approximate surface area is 133 Å². The third-order valence-electron chi connectivity index (χ3n) is 3.22. The van der Waals surface area contributed by atoms with Gasteiger partial charge in [-0.1, -0.05) is 29.3 Å². The number of aromatic hydroxyl groups is 3. The van der Waals surface area contributed by atoms with Crippen molar-refractivity contribution in [3.8, 4) is 28.4 Å². The first-order valence-corrected chi connectivity index (χ1v) is 6.80. The molecule has 3 rings (SSSR count). The van der Waals surface area contributed by atoms with Crippen molar-refractivity contribution in [3.63, 3.8) is 0 Å². The molecule has 3 aromatic rings. The van der Waals surface area contributed by atoms with Crippen LogP contribution in [0.25, 0.3) is 22.1 Å². The van der Waals surface area contributed by atoms with Crippen LogP contribution in [0.3, 0.4) is 0 Å². The quantitative estimate of drug-likeness (QED) is 0.626. The highest BCUT2D eigenvalue weighted by Gasteiger charge is 2.18. The fourth-order valence-corrected chi connectivity index (χ4v) is 2.43. The minimum atomic E-state index is -0.558. The predicted octanol–water partition coefficient (Wildman–Crippen LogP) is 3.88. The van der Waals surface area contributed by atoms with Crippen LogP contribution in [-0.4, -0.2) is 15.3 Å². The molecule has 0 amide bonds. The first-order valence-electron chi connectivity index (χ1n) is 6.05. The lowest BCUT2D eigenvalue weighted by molar-refractivity contribution is 0.452. The molecular weight excluding hydrogens is 331 g/mol. The summed E-state index contributed by atoms with van der Waals surface area (Å²) in [6.07, 6.45) is 1.18. The fourth-order valence-electron chi connectivity index (χ4n) is 2.10. The number of hydrogen-bond donors (Lipinski definition) is 3. The number of phenols is 3. The molecule has 5 nitrogen and oxygen atoms in total. The van der Waals surface area contributed by atoms with E-state index in [1.165, 1.54) is 24.5 Å². The summed E-state index contributed by atoms with van der Waals surface area (Å²) in [7, 11) is 0. The molecule has 22 heavy (non-hydrogen) atoms. The largest absolute Gasteiger partial charge is 0.506 e. The number of halogens is 2. The highest BCUT2D eigenvalue weighted by molar-refractivity contribution is 6.34. The average Bonchev–Trinajstić information content (AvgIpc) is 2.48. The molecule has 0 unspecified atom stereocenters. The van der Waals surface area contributed by atoms with Crippen molar-refractivity contribution >= 4 is 34.2 Å². The Morgan fingerprint density at radius 3 is 2.41 bits per heavy atom. The zero-order valence-electron chi connectivity index (χ0n) is 10.8. The lowest BCUT2D eigenvalue weighted by Gasteiger charge is -2.07. The lowest BCUT2D eigenvalue weighted by atomic mass is 10.0. The summed E-state index contributed by atoms with van der Waals surface area (Å²) in [5, 5.41) is 28.5. The highest BCUT2D eigenvalue weighted by Crippen LogP contribution is 2.39. The van der Waals surface area contributed by atoms with E-state index < -0.39 is 16.9 Å². The molecular formula is C15H8Cl2O5. The van der Waals surface area contributed by atoms with Gasteiger partial charge in [-0.05, 0) is 17.7 Å². The second-order valence-corrected chi connectivity index (χ2v) is 5.36. The number of phenolic OH excluding ortho intramolecular Hbond substituents is 3. The third-order valence-corrected chi connectivity index (χ3v) is 3.89. The summed E-state index contributed by atoms with van der Waals surface area (Å²) in [6.45, 7) is 0. The van der Waals surface area contributed by atoms with Gasteiger partial charge in [-0.2, -0.15) is 0 Å². The average molecular weight is 339 g/mol. The summed E-state index contributed by atoms with van der Waals surface area (Å²) < 4.78 is 5.28. The van der Waals surface area contributed by atoms with E-state index in [0.29, 0.717) is 5.56 Å². The molecule has 112 valence electrons. The van der Waals surface area contributed by atoms with E-state index in [-0.39, 0.29) is 32.3 Å². The smallest absolute Gasteiger partial charge is 0.204 e. The molecule has 3 N–H and O–H groups in total. The molecule has 0 fully saturated rings. The number of fused-ring (bicyclic) bond motifs is 1. The first kappa shape index (κ1) is 14.6. The summed E-state index contributed by atoms with van der Waals surface area (Å²) >= 11 is 11.6. The Morgan fingerprint density at radius 1 is 1.00 bits per heavy atom. The molecule has 0 aliphatic carbocycles. The molecule has 0 saturated carbocycles. The van der Waals surface area contributed by atoms with Crippen molar-refractivity contribution in [1.82, 2.24) is 0 Å². The van der Waals surface area contributed by atoms with Crippen molar-refractivity contribution in [2.75, 3.05) is 0 Å². The molecule has 0 bridgehead atoms. The fraction of sp³-hybridized carbons (Fsp3) is 0. The summed E-state index contributed by atoms with van der Waals surface area (Å²) in [5.41, 5.74) is -0.00562. The van der Waals surface area contributed by atoms with Crippen molar-refractivity contribution in [2.24, 2.45) is 0 Å². The maximum atomic E-state index is 12.5. The van der Waals surface area contributed by atoms with Crippen LogP contribution in [-0.2, 0) is 0 Å². The van der Waals surface area contributed by atoms with Crippen LogP contribution in [0, 0.1) is 0 Å². The maximum Gasteiger partial charge on any atom is 0.204 e. The van der Waals surface area contributed by atoms with Crippen LogP contribution in [0.2, 0.25) is 10.0 Å². The van der Waals surface area contributed by atoms with E-state index in [0.717, 1.165) is 6.07 Å². The minimum Gasteiger partial charge on any atom is -0.506 e. The van der Waals surface area contributed by atoms with Crippen molar-refractivity contribution < 1.29 is 19.7 Å². The molecule has 0 radical (unpaired) electrons. The topological polar surface area (TPSA) is 90.9 Å². The second kappa shape index (κ2) is 5.12. The van der Waals surface area contributed by atoms with Crippen molar-refractivity contribution in [1.29, 1.82) is 0 Å². The molecule has 1 heterocycles. The summed E-state index contributed by atoms with van der Waals surface area (Å²) in [4.78, 5) is 12.5. The monoisotopic (exact) mass is 338 g/mol. The molecule has 0 saturated heterocycles.